The Bertz CT molecular complexity index is 751. The van der Waals surface area contributed by atoms with Gasteiger partial charge in [0, 0.05) is 18.2 Å². The second-order valence-electron chi connectivity index (χ2n) is 5.30. The summed E-state index contributed by atoms with van der Waals surface area (Å²) < 4.78 is 35.9. The predicted molar refractivity (Wildman–Crippen MR) is 82.8 cm³/mol. The molecule has 0 aromatic heterocycles. The highest BCUT2D eigenvalue weighted by molar-refractivity contribution is 5.80. The summed E-state index contributed by atoms with van der Waals surface area (Å²) in [6.07, 6.45) is -0.467. The van der Waals surface area contributed by atoms with Crippen LogP contribution in [0.15, 0.2) is 36.4 Å². The van der Waals surface area contributed by atoms with E-state index in [-0.39, 0.29) is 18.6 Å². The molecule has 4 nitrogen and oxygen atoms in total. The van der Waals surface area contributed by atoms with Gasteiger partial charge in [0.25, 0.3) is 0 Å². The van der Waals surface area contributed by atoms with Crippen LogP contribution >= 0.6 is 0 Å². The summed E-state index contributed by atoms with van der Waals surface area (Å²) >= 11 is 0. The number of halogens is 2. The van der Waals surface area contributed by atoms with Crippen molar-refractivity contribution < 1.29 is 27.8 Å². The topological polar surface area (TPSA) is 52.6 Å². The lowest BCUT2D eigenvalue weighted by Gasteiger charge is -2.07. The number of carbonyl (C=O) groups is 2. The van der Waals surface area contributed by atoms with E-state index in [0.717, 1.165) is 23.3 Å². The molecule has 0 saturated heterocycles. The van der Waals surface area contributed by atoms with Crippen molar-refractivity contribution in [2.45, 2.75) is 26.7 Å². The van der Waals surface area contributed by atoms with E-state index in [1.54, 1.807) is 12.1 Å². The standard InChI is InChI=1S/C18H16F2O4/c1-11-3-4-15(7-12(11)2)23-17(21)5-6-18(22)24-16-9-13(19)8-14(20)10-16/h3-4,7-10H,5-6H2,1-2H3. The summed E-state index contributed by atoms with van der Waals surface area (Å²) in [5.41, 5.74) is 2.05. The van der Waals surface area contributed by atoms with Crippen LogP contribution in [-0.2, 0) is 9.59 Å². The second-order valence-corrected chi connectivity index (χ2v) is 5.30. The van der Waals surface area contributed by atoms with Gasteiger partial charge in [-0.1, -0.05) is 6.07 Å². The van der Waals surface area contributed by atoms with Gasteiger partial charge in [0.2, 0.25) is 0 Å². The van der Waals surface area contributed by atoms with Gasteiger partial charge in [-0.2, -0.15) is 0 Å². The van der Waals surface area contributed by atoms with Crippen LogP contribution in [-0.4, -0.2) is 11.9 Å². The lowest BCUT2D eigenvalue weighted by Crippen LogP contribution is -2.14. The van der Waals surface area contributed by atoms with Crippen molar-refractivity contribution in [3.8, 4) is 11.5 Å². The molecule has 2 aromatic carbocycles. The average molecular weight is 334 g/mol. The number of hydrogen-bond acceptors (Lipinski definition) is 4. The van der Waals surface area contributed by atoms with Gasteiger partial charge in [0.15, 0.2) is 0 Å². The first kappa shape index (κ1) is 17.6. The van der Waals surface area contributed by atoms with E-state index in [4.69, 9.17) is 9.47 Å². The summed E-state index contributed by atoms with van der Waals surface area (Å²) in [5, 5.41) is 0. The summed E-state index contributed by atoms with van der Waals surface area (Å²) in [7, 11) is 0. The summed E-state index contributed by atoms with van der Waals surface area (Å²) in [6, 6.07) is 7.64. The fraction of sp³-hybridized carbons (Fsp3) is 0.222. The van der Waals surface area contributed by atoms with Gasteiger partial charge >= 0.3 is 11.9 Å². The molecule has 0 amide bonds. The number of rotatable bonds is 5. The number of ether oxygens (including phenoxy) is 2. The maximum absolute atomic E-state index is 13.0. The van der Waals surface area contributed by atoms with Crippen LogP contribution in [0.1, 0.15) is 24.0 Å². The minimum Gasteiger partial charge on any atom is -0.427 e. The minimum absolute atomic E-state index is 0.205. The number of benzene rings is 2. The van der Waals surface area contributed by atoms with Gasteiger partial charge in [-0.15, -0.1) is 0 Å². The van der Waals surface area contributed by atoms with Crippen molar-refractivity contribution in [1.82, 2.24) is 0 Å². The number of hydrogen-bond donors (Lipinski definition) is 0. The van der Waals surface area contributed by atoms with E-state index < -0.39 is 23.6 Å². The predicted octanol–water partition coefficient (Wildman–Crippen LogP) is 3.87. The SMILES string of the molecule is Cc1ccc(OC(=O)CCC(=O)Oc2cc(F)cc(F)c2)cc1C. The van der Waals surface area contributed by atoms with Gasteiger partial charge in [0.1, 0.15) is 23.1 Å². The molecule has 0 N–H and O–H groups in total. The lowest BCUT2D eigenvalue weighted by molar-refractivity contribution is -0.140. The van der Waals surface area contributed by atoms with Gasteiger partial charge in [-0.3, -0.25) is 9.59 Å². The Kier molecular flexibility index (Phi) is 5.63. The molecule has 2 aromatic rings. The van der Waals surface area contributed by atoms with Crippen LogP contribution in [0.25, 0.3) is 0 Å². The normalized spacial score (nSPS) is 10.3. The molecule has 0 spiro atoms. The molecule has 0 aliphatic heterocycles. The summed E-state index contributed by atoms with van der Waals surface area (Å²) in [5.74, 6) is -2.94. The third-order valence-electron chi connectivity index (χ3n) is 3.31. The van der Waals surface area contributed by atoms with Gasteiger partial charge in [-0.25, -0.2) is 8.78 Å². The van der Waals surface area contributed by atoms with Crippen molar-refractivity contribution in [3.05, 3.63) is 59.2 Å². The van der Waals surface area contributed by atoms with Crippen LogP contribution in [0.4, 0.5) is 8.78 Å². The maximum Gasteiger partial charge on any atom is 0.311 e. The Labute approximate surface area is 138 Å². The van der Waals surface area contributed by atoms with Crippen molar-refractivity contribution in [2.24, 2.45) is 0 Å². The third kappa shape index (κ3) is 5.15. The number of esters is 2. The van der Waals surface area contributed by atoms with E-state index in [1.165, 1.54) is 0 Å². The van der Waals surface area contributed by atoms with E-state index in [0.29, 0.717) is 11.8 Å². The highest BCUT2D eigenvalue weighted by atomic mass is 19.1. The quantitative estimate of drug-likeness (QED) is 0.615. The van der Waals surface area contributed by atoms with Gasteiger partial charge in [-0.05, 0) is 37.1 Å². The van der Waals surface area contributed by atoms with Crippen molar-refractivity contribution in [2.75, 3.05) is 0 Å². The molecular formula is C18H16F2O4. The highest BCUT2D eigenvalue weighted by Crippen LogP contribution is 2.18. The molecule has 0 heterocycles. The Balaban J connectivity index is 1.84. The molecule has 0 unspecified atom stereocenters. The summed E-state index contributed by atoms with van der Waals surface area (Å²) in [4.78, 5) is 23.3. The van der Waals surface area contributed by atoms with E-state index in [9.17, 15) is 18.4 Å². The number of carbonyl (C=O) groups excluding carboxylic acids is 2. The zero-order valence-corrected chi connectivity index (χ0v) is 13.3. The molecular weight excluding hydrogens is 318 g/mol. The zero-order valence-electron chi connectivity index (χ0n) is 13.3. The van der Waals surface area contributed by atoms with E-state index in [2.05, 4.69) is 0 Å². The van der Waals surface area contributed by atoms with Gasteiger partial charge < -0.3 is 9.47 Å². The fourth-order valence-electron chi connectivity index (χ4n) is 1.93. The molecule has 0 radical (unpaired) electrons. The number of aryl methyl sites for hydroxylation is 2. The van der Waals surface area contributed by atoms with E-state index in [1.807, 2.05) is 19.9 Å². The van der Waals surface area contributed by atoms with Crippen LogP contribution in [0.3, 0.4) is 0 Å². The van der Waals surface area contributed by atoms with Gasteiger partial charge in [0.05, 0.1) is 12.8 Å². The van der Waals surface area contributed by atoms with Crippen LogP contribution in [0.2, 0.25) is 0 Å². The Morgan fingerprint density at radius 1 is 0.792 bits per heavy atom. The van der Waals surface area contributed by atoms with Crippen molar-refractivity contribution in [1.29, 1.82) is 0 Å². The van der Waals surface area contributed by atoms with E-state index >= 15 is 0 Å². The largest absolute Gasteiger partial charge is 0.427 e. The molecule has 0 saturated carbocycles. The molecule has 126 valence electrons. The molecule has 0 atom stereocenters. The molecule has 0 aliphatic carbocycles. The molecule has 24 heavy (non-hydrogen) atoms. The molecule has 0 aliphatic rings. The fourth-order valence-corrected chi connectivity index (χ4v) is 1.93. The first-order chi connectivity index (χ1) is 11.3. The zero-order chi connectivity index (χ0) is 17.7. The van der Waals surface area contributed by atoms with Crippen LogP contribution in [0, 0.1) is 25.5 Å². The maximum atomic E-state index is 13.0. The molecule has 6 heteroatoms. The van der Waals surface area contributed by atoms with Crippen molar-refractivity contribution >= 4 is 11.9 Å². The highest BCUT2D eigenvalue weighted by Gasteiger charge is 2.12. The smallest absolute Gasteiger partial charge is 0.311 e. The Morgan fingerprint density at radius 2 is 1.33 bits per heavy atom. The molecule has 0 bridgehead atoms. The first-order valence-corrected chi connectivity index (χ1v) is 7.28. The third-order valence-corrected chi connectivity index (χ3v) is 3.31. The lowest BCUT2D eigenvalue weighted by atomic mass is 10.1. The second kappa shape index (κ2) is 7.68. The summed E-state index contributed by atoms with van der Waals surface area (Å²) in [6.45, 7) is 3.83. The van der Waals surface area contributed by atoms with Crippen LogP contribution in [0.5, 0.6) is 11.5 Å². The Hall–Kier alpha value is -2.76. The van der Waals surface area contributed by atoms with Crippen molar-refractivity contribution in [3.63, 3.8) is 0 Å². The van der Waals surface area contributed by atoms with Crippen LogP contribution < -0.4 is 9.47 Å². The average Bonchev–Trinajstić information content (AvgIpc) is 2.48. The first-order valence-electron chi connectivity index (χ1n) is 7.28. The minimum atomic E-state index is -0.855. The Morgan fingerprint density at radius 3 is 1.88 bits per heavy atom. The molecule has 2 rings (SSSR count). The molecule has 0 fully saturated rings. The monoisotopic (exact) mass is 334 g/mol.